The van der Waals surface area contributed by atoms with Crippen molar-refractivity contribution in [3.63, 3.8) is 0 Å². The summed E-state index contributed by atoms with van der Waals surface area (Å²) in [4.78, 5) is 13.4. The van der Waals surface area contributed by atoms with E-state index in [2.05, 4.69) is 25.6 Å². The van der Waals surface area contributed by atoms with Gasteiger partial charge in [-0.1, -0.05) is 0 Å². The zero-order chi connectivity index (χ0) is 16.1. The van der Waals surface area contributed by atoms with Crippen LogP contribution in [0.1, 0.15) is 37.2 Å². The molecule has 1 aliphatic heterocycles. The van der Waals surface area contributed by atoms with Crippen LogP contribution in [0, 0.1) is 6.92 Å². The smallest absolute Gasteiger partial charge is 0.135 e. The van der Waals surface area contributed by atoms with E-state index in [1.54, 1.807) is 6.20 Å². The standard InChI is InChI=1S/C17H23N5O/c1-3-23-14-6-8-19-16(9-14)22-17-10-15(20-12(2)21-17)13-5-4-7-18-11-13/h6,8-10,13,18H,3-5,7,11H2,1-2H3,(H,19,20,21,22). The van der Waals surface area contributed by atoms with E-state index in [0.29, 0.717) is 12.5 Å². The van der Waals surface area contributed by atoms with Crippen LogP contribution >= 0.6 is 0 Å². The molecule has 0 aliphatic carbocycles. The van der Waals surface area contributed by atoms with Crippen molar-refractivity contribution in [2.45, 2.75) is 32.6 Å². The maximum absolute atomic E-state index is 5.51. The molecule has 0 saturated carbocycles. The zero-order valence-corrected chi connectivity index (χ0v) is 13.7. The van der Waals surface area contributed by atoms with Crippen molar-refractivity contribution in [1.82, 2.24) is 20.3 Å². The maximum Gasteiger partial charge on any atom is 0.135 e. The van der Waals surface area contributed by atoms with Gasteiger partial charge in [-0.3, -0.25) is 0 Å². The highest BCUT2D eigenvalue weighted by Gasteiger charge is 2.17. The third-order valence-corrected chi connectivity index (χ3v) is 3.87. The number of nitrogens with one attached hydrogen (secondary N) is 2. The van der Waals surface area contributed by atoms with Crippen LogP contribution in [0.4, 0.5) is 11.6 Å². The molecule has 2 aromatic rings. The first-order valence-corrected chi connectivity index (χ1v) is 8.17. The number of aromatic nitrogens is 3. The number of anilines is 2. The molecule has 0 bridgehead atoms. The van der Waals surface area contributed by atoms with Gasteiger partial charge in [-0.25, -0.2) is 15.0 Å². The molecule has 2 aromatic heterocycles. The lowest BCUT2D eigenvalue weighted by Crippen LogP contribution is -2.29. The molecule has 6 heteroatoms. The third-order valence-electron chi connectivity index (χ3n) is 3.87. The molecule has 6 nitrogen and oxygen atoms in total. The maximum atomic E-state index is 5.51. The van der Waals surface area contributed by atoms with Crippen LogP contribution in [-0.4, -0.2) is 34.6 Å². The zero-order valence-electron chi connectivity index (χ0n) is 13.7. The van der Waals surface area contributed by atoms with E-state index in [1.807, 2.05) is 32.0 Å². The monoisotopic (exact) mass is 313 g/mol. The first-order chi connectivity index (χ1) is 11.2. The fourth-order valence-electron chi connectivity index (χ4n) is 2.84. The predicted molar refractivity (Wildman–Crippen MR) is 90.3 cm³/mol. The lowest BCUT2D eigenvalue weighted by atomic mass is 9.96. The van der Waals surface area contributed by atoms with E-state index in [9.17, 15) is 0 Å². The van der Waals surface area contributed by atoms with Crippen molar-refractivity contribution in [2.75, 3.05) is 25.0 Å². The fraction of sp³-hybridized carbons (Fsp3) is 0.471. The van der Waals surface area contributed by atoms with Gasteiger partial charge in [0, 0.05) is 30.8 Å². The van der Waals surface area contributed by atoms with Gasteiger partial charge in [0.15, 0.2) is 0 Å². The van der Waals surface area contributed by atoms with E-state index in [1.165, 1.54) is 12.8 Å². The lowest BCUT2D eigenvalue weighted by molar-refractivity contribution is 0.340. The Morgan fingerprint density at radius 2 is 2.22 bits per heavy atom. The average Bonchev–Trinajstić information content (AvgIpc) is 2.56. The highest BCUT2D eigenvalue weighted by Crippen LogP contribution is 2.25. The Bertz CT molecular complexity index is 655. The number of aryl methyl sites for hydroxylation is 1. The molecule has 1 aliphatic rings. The molecule has 1 saturated heterocycles. The van der Waals surface area contributed by atoms with Crippen molar-refractivity contribution >= 4 is 11.6 Å². The van der Waals surface area contributed by atoms with E-state index in [4.69, 9.17) is 4.74 Å². The molecule has 0 aromatic carbocycles. The number of hydrogen-bond acceptors (Lipinski definition) is 6. The van der Waals surface area contributed by atoms with Crippen molar-refractivity contribution in [2.24, 2.45) is 0 Å². The second-order valence-electron chi connectivity index (χ2n) is 5.70. The van der Waals surface area contributed by atoms with E-state index in [0.717, 1.165) is 42.0 Å². The number of hydrogen-bond donors (Lipinski definition) is 2. The third kappa shape index (κ3) is 4.16. The van der Waals surface area contributed by atoms with Crippen molar-refractivity contribution < 1.29 is 4.74 Å². The summed E-state index contributed by atoms with van der Waals surface area (Å²) in [6, 6.07) is 5.75. The van der Waals surface area contributed by atoms with Crippen LogP contribution < -0.4 is 15.4 Å². The van der Waals surface area contributed by atoms with Crippen molar-refractivity contribution in [1.29, 1.82) is 0 Å². The molecule has 23 heavy (non-hydrogen) atoms. The lowest BCUT2D eigenvalue weighted by Gasteiger charge is -2.22. The van der Waals surface area contributed by atoms with Gasteiger partial charge in [0.25, 0.3) is 0 Å². The highest BCUT2D eigenvalue weighted by atomic mass is 16.5. The summed E-state index contributed by atoms with van der Waals surface area (Å²) in [5.41, 5.74) is 1.09. The SMILES string of the molecule is CCOc1ccnc(Nc2cc(C3CCCNC3)nc(C)n2)c1. The van der Waals surface area contributed by atoms with Crippen LogP contribution in [0.15, 0.2) is 24.4 Å². The Morgan fingerprint density at radius 1 is 1.30 bits per heavy atom. The van der Waals surface area contributed by atoms with Gasteiger partial charge < -0.3 is 15.4 Å². The number of piperidine rings is 1. The van der Waals surface area contributed by atoms with Crippen LogP contribution in [0.5, 0.6) is 5.75 Å². The summed E-state index contributed by atoms with van der Waals surface area (Å²) in [6.07, 6.45) is 4.09. The summed E-state index contributed by atoms with van der Waals surface area (Å²) in [5, 5.41) is 6.69. The second-order valence-corrected chi connectivity index (χ2v) is 5.70. The molecule has 1 unspecified atom stereocenters. The van der Waals surface area contributed by atoms with Gasteiger partial charge >= 0.3 is 0 Å². The van der Waals surface area contributed by atoms with Gasteiger partial charge in [0.2, 0.25) is 0 Å². The summed E-state index contributed by atoms with van der Waals surface area (Å²) in [6.45, 7) is 6.60. The quantitative estimate of drug-likeness (QED) is 0.884. The molecule has 3 heterocycles. The van der Waals surface area contributed by atoms with Gasteiger partial charge in [-0.2, -0.15) is 0 Å². The largest absolute Gasteiger partial charge is 0.494 e. The number of pyridine rings is 1. The molecule has 1 atom stereocenters. The summed E-state index contributed by atoms with van der Waals surface area (Å²) in [5.74, 6) is 3.53. The molecule has 0 amide bonds. The molecule has 3 rings (SSSR count). The van der Waals surface area contributed by atoms with Crippen LogP contribution in [0.3, 0.4) is 0 Å². The molecule has 2 N–H and O–H groups in total. The molecule has 0 spiro atoms. The highest BCUT2D eigenvalue weighted by molar-refractivity contribution is 5.54. The van der Waals surface area contributed by atoms with E-state index in [-0.39, 0.29) is 0 Å². The van der Waals surface area contributed by atoms with E-state index < -0.39 is 0 Å². The topological polar surface area (TPSA) is 72.0 Å². The summed E-state index contributed by atoms with van der Waals surface area (Å²) >= 11 is 0. The molecular weight excluding hydrogens is 290 g/mol. The van der Waals surface area contributed by atoms with Crippen molar-refractivity contribution in [3.8, 4) is 5.75 Å². The van der Waals surface area contributed by atoms with Gasteiger partial charge in [-0.05, 0) is 39.3 Å². The Balaban J connectivity index is 1.79. The normalized spacial score (nSPS) is 17.7. The number of rotatable bonds is 5. The van der Waals surface area contributed by atoms with E-state index >= 15 is 0 Å². The minimum Gasteiger partial charge on any atom is -0.494 e. The Morgan fingerprint density at radius 3 is 3.00 bits per heavy atom. The Hall–Kier alpha value is -2.21. The van der Waals surface area contributed by atoms with Crippen LogP contribution in [0.25, 0.3) is 0 Å². The predicted octanol–water partition coefficient (Wildman–Crippen LogP) is 2.79. The van der Waals surface area contributed by atoms with Gasteiger partial charge in [-0.15, -0.1) is 0 Å². The fourth-order valence-corrected chi connectivity index (χ4v) is 2.84. The molecule has 0 radical (unpaired) electrons. The minimum absolute atomic E-state index is 0.453. The first-order valence-electron chi connectivity index (χ1n) is 8.17. The van der Waals surface area contributed by atoms with Crippen LogP contribution in [-0.2, 0) is 0 Å². The average molecular weight is 313 g/mol. The number of ether oxygens (including phenoxy) is 1. The summed E-state index contributed by atoms with van der Waals surface area (Å²) < 4.78 is 5.51. The molecular formula is C17H23N5O. The van der Waals surface area contributed by atoms with Gasteiger partial charge in [0.05, 0.1) is 12.3 Å². The second kappa shape index (κ2) is 7.37. The molecule has 1 fully saturated rings. The molecule has 122 valence electrons. The van der Waals surface area contributed by atoms with Gasteiger partial charge in [0.1, 0.15) is 23.2 Å². The Kier molecular flexibility index (Phi) is 5.02. The minimum atomic E-state index is 0.453. The first kappa shape index (κ1) is 15.7. The summed E-state index contributed by atoms with van der Waals surface area (Å²) in [7, 11) is 0. The number of nitrogens with zero attached hydrogens (tertiary/aromatic N) is 3. The van der Waals surface area contributed by atoms with Crippen LogP contribution in [0.2, 0.25) is 0 Å². The Labute approximate surface area is 136 Å². The van der Waals surface area contributed by atoms with Crippen molar-refractivity contribution in [3.05, 3.63) is 35.9 Å².